The first-order valence-electron chi connectivity index (χ1n) is 7.50. The summed E-state index contributed by atoms with van der Waals surface area (Å²) in [6.45, 7) is 2.59. The molecule has 0 aliphatic rings. The molecule has 6 heteroatoms. The Morgan fingerprint density at radius 3 is 2.38 bits per heavy atom. The van der Waals surface area contributed by atoms with Crippen molar-refractivity contribution in [2.45, 2.75) is 13.3 Å². The molecule has 0 saturated carbocycles. The Morgan fingerprint density at radius 1 is 1.12 bits per heavy atom. The average molecular weight is 395 g/mol. The van der Waals surface area contributed by atoms with Gasteiger partial charge in [-0.1, -0.05) is 35.0 Å². The molecule has 128 valence electrons. The first kappa shape index (κ1) is 18.1. The van der Waals surface area contributed by atoms with E-state index in [1.165, 1.54) is 18.7 Å². The third kappa shape index (κ3) is 4.64. The van der Waals surface area contributed by atoms with Gasteiger partial charge in [0.25, 0.3) is 0 Å². The molecule has 1 N–H and O–H groups in total. The number of halogens is 1. The van der Waals surface area contributed by atoms with Crippen LogP contribution in [0.2, 0.25) is 0 Å². The Bertz CT molecular complexity index is 697. The SMILES string of the molecule is CCc1ccc(OCCOc2c(OC)cc(Br)cc2C(=O)O)cc1. The molecule has 0 atom stereocenters. The molecule has 24 heavy (non-hydrogen) atoms. The maximum Gasteiger partial charge on any atom is 0.339 e. The van der Waals surface area contributed by atoms with Crippen molar-refractivity contribution < 1.29 is 24.1 Å². The van der Waals surface area contributed by atoms with Crippen molar-refractivity contribution in [3.8, 4) is 17.2 Å². The van der Waals surface area contributed by atoms with Crippen molar-refractivity contribution in [2.24, 2.45) is 0 Å². The van der Waals surface area contributed by atoms with E-state index >= 15 is 0 Å². The van der Waals surface area contributed by atoms with E-state index in [4.69, 9.17) is 14.2 Å². The molecular weight excluding hydrogens is 376 g/mol. The molecule has 0 fully saturated rings. The van der Waals surface area contributed by atoms with E-state index in [1.54, 1.807) is 6.07 Å². The van der Waals surface area contributed by atoms with E-state index in [1.807, 2.05) is 24.3 Å². The summed E-state index contributed by atoms with van der Waals surface area (Å²) in [7, 11) is 1.46. The van der Waals surface area contributed by atoms with E-state index in [0.29, 0.717) is 16.8 Å². The maximum absolute atomic E-state index is 11.4. The number of aromatic carboxylic acids is 1. The largest absolute Gasteiger partial charge is 0.493 e. The van der Waals surface area contributed by atoms with Crippen molar-refractivity contribution in [1.29, 1.82) is 0 Å². The summed E-state index contributed by atoms with van der Waals surface area (Å²) in [5.74, 6) is 0.213. The Hall–Kier alpha value is -2.21. The molecule has 2 aromatic carbocycles. The summed E-state index contributed by atoms with van der Waals surface area (Å²) in [6.07, 6.45) is 0.977. The van der Waals surface area contributed by atoms with E-state index in [2.05, 4.69) is 22.9 Å². The Morgan fingerprint density at radius 2 is 1.79 bits per heavy atom. The van der Waals surface area contributed by atoms with Gasteiger partial charge < -0.3 is 19.3 Å². The number of benzene rings is 2. The highest BCUT2D eigenvalue weighted by Gasteiger charge is 2.18. The van der Waals surface area contributed by atoms with Crippen LogP contribution in [0.25, 0.3) is 0 Å². The zero-order valence-corrected chi connectivity index (χ0v) is 15.1. The van der Waals surface area contributed by atoms with Gasteiger partial charge >= 0.3 is 5.97 Å². The summed E-state index contributed by atoms with van der Waals surface area (Å²) < 4.78 is 17.0. The molecule has 2 aromatic rings. The second-order valence-corrected chi connectivity index (χ2v) is 5.90. The normalized spacial score (nSPS) is 10.3. The van der Waals surface area contributed by atoms with Crippen LogP contribution >= 0.6 is 15.9 Å². The zero-order valence-electron chi connectivity index (χ0n) is 13.5. The van der Waals surface area contributed by atoms with Gasteiger partial charge in [0.2, 0.25) is 0 Å². The van der Waals surface area contributed by atoms with Crippen molar-refractivity contribution in [3.05, 3.63) is 52.0 Å². The highest BCUT2D eigenvalue weighted by Crippen LogP contribution is 2.34. The summed E-state index contributed by atoms with van der Waals surface area (Å²) in [5.41, 5.74) is 1.28. The van der Waals surface area contributed by atoms with Crippen LogP contribution in [0.5, 0.6) is 17.2 Å². The van der Waals surface area contributed by atoms with Gasteiger partial charge in [0, 0.05) is 4.47 Å². The monoisotopic (exact) mass is 394 g/mol. The molecule has 5 nitrogen and oxygen atoms in total. The lowest BCUT2D eigenvalue weighted by molar-refractivity contribution is 0.0690. The zero-order chi connectivity index (χ0) is 17.5. The van der Waals surface area contributed by atoms with Crippen LogP contribution in [0.3, 0.4) is 0 Å². The van der Waals surface area contributed by atoms with Gasteiger partial charge in [-0.3, -0.25) is 0 Å². The minimum atomic E-state index is -1.08. The van der Waals surface area contributed by atoms with E-state index in [0.717, 1.165) is 12.2 Å². The molecule has 0 bridgehead atoms. The fourth-order valence-corrected chi connectivity index (χ4v) is 2.59. The van der Waals surface area contributed by atoms with Crippen LogP contribution in [0, 0.1) is 0 Å². The van der Waals surface area contributed by atoms with Crippen LogP contribution < -0.4 is 14.2 Å². The Kier molecular flexibility index (Phi) is 6.49. The van der Waals surface area contributed by atoms with Gasteiger partial charge in [-0.15, -0.1) is 0 Å². The summed E-state index contributed by atoms with van der Waals surface area (Å²) in [4.78, 5) is 11.4. The number of rotatable bonds is 8. The number of hydrogen-bond donors (Lipinski definition) is 1. The quantitative estimate of drug-likeness (QED) is 0.680. The lowest BCUT2D eigenvalue weighted by Gasteiger charge is -2.14. The molecule has 0 radical (unpaired) electrons. The van der Waals surface area contributed by atoms with E-state index in [-0.39, 0.29) is 17.9 Å². The number of carboxylic acids is 1. The van der Waals surface area contributed by atoms with Gasteiger partial charge in [0.05, 0.1) is 7.11 Å². The minimum Gasteiger partial charge on any atom is -0.493 e. The average Bonchev–Trinajstić information content (AvgIpc) is 2.59. The van der Waals surface area contributed by atoms with Gasteiger partial charge in [-0.05, 0) is 36.2 Å². The third-order valence-electron chi connectivity index (χ3n) is 3.40. The molecule has 0 heterocycles. The molecule has 0 amide bonds. The first-order valence-corrected chi connectivity index (χ1v) is 8.29. The summed E-state index contributed by atoms with van der Waals surface area (Å²) >= 11 is 3.26. The minimum absolute atomic E-state index is 0.0357. The molecule has 0 aromatic heterocycles. The van der Waals surface area contributed by atoms with Crippen LogP contribution in [0.15, 0.2) is 40.9 Å². The fraction of sp³-hybridized carbons (Fsp3) is 0.278. The van der Waals surface area contributed by atoms with E-state index < -0.39 is 5.97 Å². The maximum atomic E-state index is 11.4. The molecular formula is C18H19BrO5. The van der Waals surface area contributed by atoms with Gasteiger partial charge in [-0.25, -0.2) is 4.79 Å². The van der Waals surface area contributed by atoms with E-state index in [9.17, 15) is 9.90 Å². The first-order chi connectivity index (χ1) is 11.5. The van der Waals surface area contributed by atoms with Crippen LogP contribution in [-0.4, -0.2) is 31.4 Å². The number of hydrogen-bond acceptors (Lipinski definition) is 4. The predicted molar refractivity (Wildman–Crippen MR) is 94.5 cm³/mol. The van der Waals surface area contributed by atoms with Crippen molar-refractivity contribution in [2.75, 3.05) is 20.3 Å². The van der Waals surface area contributed by atoms with Gasteiger partial charge in [0.15, 0.2) is 11.5 Å². The Labute approximate surface area is 149 Å². The lowest BCUT2D eigenvalue weighted by Crippen LogP contribution is -2.12. The van der Waals surface area contributed by atoms with Crippen molar-refractivity contribution in [1.82, 2.24) is 0 Å². The molecule has 0 spiro atoms. The second kappa shape index (κ2) is 8.59. The van der Waals surface area contributed by atoms with Crippen molar-refractivity contribution in [3.63, 3.8) is 0 Å². The highest BCUT2D eigenvalue weighted by molar-refractivity contribution is 9.10. The number of carboxylic acid groups (broad SMARTS) is 1. The Balaban J connectivity index is 1.99. The molecule has 0 aliphatic heterocycles. The summed E-state index contributed by atoms with van der Waals surface area (Å²) in [5, 5.41) is 9.31. The highest BCUT2D eigenvalue weighted by atomic mass is 79.9. The number of carbonyl (C=O) groups is 1. The van der Waals surface area contributed by atoms with Crippen molar-refractivity contribution >= 4 is 21.9 Å². The number of aryl methyl sites for hydroxylation is 1. The summed E-state index contributed by atoms with van der Waals surface area (Å²) in [6, 6.07) is 11.0. The smallest absolute Gasteiger partial charge is 0.339 e. The van der Waals surface area contributed by atoms with Gasteiger partial charge in [-0.2, -0.15) is 0 Å². The second-order valence-electron chi connectivity index (χ2n) is 4.98. The van der Waals surface area contributed by atoms with Crippen LogP contribution in [0.4, 0.5) is 0 Å². The number of ether oxygens (including phenoxy) is 3. The molecule has 0 aliphatic carbocycles. The molecule has 2 rings (SSSR count). The van der Waals surface area contributed by atoms with Crippen LogP contribution in [0.1, 0.15) is 22.8 Å². The number of methoxy groups -OCH3 is 1. The predicted octanol–water partition coefficient (Wildman–Crippen LogP) is 4.18. The molecule has 0 saturated heterocycles. The molecule has 0 unspecified atom stereocenters. The van der Waals surface area contributed by atoms with Gasteiger partial charge in [0.1, 0.15) is 24.5 Å². The van der Waals surface area contributed by atoms with Crippen LogP contribution in [-0.2, 0) is 6.42 Å². The standard InChI is InChI=1S/C18H19BrO5/c1-3-12-4-6-14(7-5-12)23-8-9-24-17-15(18(20)21)10-13(19)11-16(17)22-2/h4-7,10-11H,3,8-9H2,1-2H3,(H,20,21). The third-order valence-corrected chi connectivity index (χ3v) is 3.86. The lowest BCUT2D eigenvalue weighted by atomic mass is 10.2. The topological polar surface area (TPSA) is 65.0 Å². The fourth-order valence-electron chi connectivity index (χ4n) is 2.15.